The monoisotopic (exact) mass is 509 g/mol. The Hall–Kier alpha value is -1.73. The molecule has 0 heterocycles. The summed E-state index contributed by atoms with van der Waals surface area (Å²) >= 11 is 11.7. The van der Waals surface area contributed by atoms with Crippen molar-refractivity contribution in [2.75, 3.05) is 6.54 Å². The molecule has 0 fully saturated rings. The fraction of sp³-hybridized carbons (Fsp3) is 0.278. The summed E-state index contributed by atoms with van der Waals surface area (Å²) in [6.45, 7) is 4.38. The minimum atomic E-state index is -4.40. The van der Waals surface area contributed by atoms with Gasteiger partial charge in [-0.25, -0.2) is 27.0 Å². The van der Waals surface area contributed by atoms with Crippen LogP contribution in [0.3, 0.4) is 0 Å². The number of hydrogen-bond acceptors (Lipinski definition) is 6. The van der Waals surface area contributed by atoms with Crippen LogP contribution in [0.5, 0.6) is 0 Å². The first-order chi connectivity index (χ1) is 14.3. The number of sulfonamides is 2. The Morgan fingerprint density at radius 1 is 1.00 bits per heavy atom. The number of carbonyl (C=O) groups is 1. The molecule has 1 amide bonds. The molecular formula is C18H21Cl2N3O6S2. The fourth-order valence-corrected chi connectivity index (χ4v) is 6.51. The highest BCUT2D eigenvalue weighted by Gasteiger charge is 2.29. The number of nitrogens with one attached hydrogen (secondary N) is 3. The number of rotatable bonds is 8. The van der Waals surface area contributed by atoms with E-state index in [2.05, 4.69) is 4.72 Å². The molecule has 0 radical (unpaired) electrons. The van der Waals surface area contributed by atoms with Crippen molar-refractivity contribution in [1.29, 1.82) is 0 Å². The molecule has 0 saturated carbocycles. The molecule has 0 aliphatic heterocycles. The minimum Gasteiger partial charge on any atom is -0.289 e. The maximum absolute atomic E-state index is 12.8. The summed E-state index contributed by atoms with van der Waals surface area (Å²) in [7, 11) is -8.50. The van der Waals surface area contributed by atoms with Crippen molar-refractivity contribution >= 4 is 49.2 Å². The van der Waals surface area contributed by atoms with Crippen LogP contribution in [0, 0.1) is 20.8 Å². The zero-order valence-electron chi connectivity index (χ0n) is 16.7. The molecule has 0 spiro atoms. The second kappa shape index (κ2) is 9.82. The Morgan fingerprint density at radius 2 is 1.58 bits per heavy atom. The van der Waals surface area contributed by atoms with Crippen molar-refractivity contribution in [3.8, 4) is 0 Å². The third kappa shape index (κ3) is 6.16. The number of amides is 1. The third-order valence-corrected chi connectivity index (χ3v) is 8.17. The van der Waals surface area contributed by atoms with Gasteiger partial charge < -0.3 is 0 Å². The van der Waals surface area contributed by atoms with Crippen LogP contribution < -0.4 is 14.9 Å². The molecule has 13 heteroatoms. The molecule has 1 unspecified atom stereocenters. The van der Waals surface area contributed by atoms with Gasteiger partial charge in [0.25, 0.3) is 5.91 Å². The highest BCUT2D eigenvalue weighted by atomic mass is 35.5. The highest BCUT2D eigenvalue weighted by Crippen LogP contribution is 2.25. The summed E-state index contributed by atoms with van der Waals surface area (Å²) in [5, 5.41) is 8.90. The van der Waals surface area contributed by atoms with Gasteiger partial charge in [0.1, 0.15) is 10.9 Å². The summed E-state index contributed by atoms with van der Waals surface area (Å²) in [6, 6.07) is 5.38. The van der Waals surface area contributed by atoms with Crippen LogP contribution in [-0.4, -0.2) is 40.5 Å². The van der Waals surface area contributed by atoms with Crippen LogP contribution in [0.4, 0.5) is 0 Å². The lowest BCUT2D eigenvalue weighted by Gasteiger charge is -2.19. The summed E-state index contributed by atoms with van der Waals surface area (Å²) in [5.74, 6) is -1.18. The lowest BCUT2D eigenvalue weighted by molar-refractivity contribution is -0.130. The van der Waals surface area contributed by atoms with E-state index < -0.39 is 43.4 Å². The average molecular weight is 510 g/mol. The van der Waals surface area contributed by atoms with Crippen molar-refractivity contribution in [1.82, 2.24) is 14.9 Å². The molecule has 9 nitrogen and oxygen atoms in total. The van der Waals surface area contributed by atoms with E-state index in [0.29, 0.717) is 11.1 Å². The van der Waals surface area contributed by atoms with Gasteiger partial charge in [-0.15, -0.1) is 0 Å². The van der Waals surface area contributed by atoms with Gasteiger partial charge in [-0.3, -0.25) is 10.0 Å². The smallest absolute Gasteiger partial charge is 0.262 e. The summed E-state index contributed by atoms with van der Waals surface area (Å²) in [4.78, 5) is 11.6. The summed E-state index contributed by atoms with van der Waals surface area (Å²) in [6.07, 6.45) is 0. The number of halogens is 2. The standard InChI is InChI=1S/C18H21Cl2N3O6S2/c1-10-6-11(2)17(12(3)7-10)31(28,29)21-9-15(18(24)22-25)23-30(26,27)16-8-13(19)4-5-14(16)20/h4-8,15,21,23,25H,9H2,1-3H3,(H,22,24). The largest absolute Gasteiger partial charge is 0.289 e. The van der Waals surface area contributed by atoms with Crippen LogP contribution in [0.25, 0.3) is 0 Å². The van der Waals surface area contributed by atoms with Gasteiger partial charge in [0.2, 0.25) is 20.0 Å². The van der Waals surface area contributed by atoms with E-state index in [1.165, 1.54) is 17.6 Å². The zero-order chi connectivity index (χ0) is 23.6. The van der Waals surface area contributed by atoms with Gasteiger partial charge in [0.05, 0.1) is 9.92 Å². The van der Waals surface area contributed by atoms with E-state index >= 15 is 0 Å². The molecular weight excluding hydrogens is 489 g/mol. The Morgan fingerprint density at radius 3 is 2.13 bits per heavy atom. The number of benzene rings is 2. The molecule has 1 atom stereocenters. The normalized spacial score (nSPS) is 13.1. The highest BCUT2D eigenvalue weighted by molar-refractivity contribution is 7.90. The van der Waals surface area contributed by atoms with Gasteiger partial charge >= 0.3 is 0 Å². The van der Waals surface area contributed by atoms with Gasteiger partial charge in [-0.05, 0) is 50.1 Å². The lowest BCUT2D eigenvalue weighted by Crippen LogP contribution is -2.52. The minimum absolute atomic E-state index is 0.0157. The van der Waals surface area contributed by atoms with Crippen molar-refractivity contribution in [3.05, 3.63) is 57.1 Å². The van der Waals surface area contributed by atoms with E-state index in [9.17, 15) is 21.6 Å². The molecule has 2 rings (SSSR count). The van der Waals surface area contributed by atoms with Gasteiger partial charge in [-0.1, -0.05) is 40.9 Å². The van der Waals surface area contributed by atoms with Crippen molar-refractivity contribution in [2.24, 2.45) is 0 Å². The zero-order valence-corrected chi connectivity index (χ0v) is 19.9. The Labute approximate surface area is 190 Å². The third-order valence-electron chi connectivity index (χ3n) is 4.26. The SMILES string of the molecule is Cc1cc(C)c(S(=O)(=O)NCC(NS(=O)(=O)c2cc(Cl)ccc2Cl)C(=O)NO)c(C)c1. The summed E-state index contributed by atoms with van der Waals surface area (Å²) < 4.78 is 55.2. The van der Waals surface area contributed by atoms with E-state index in [4.69, 9.17) is 28.4 Å². The first-order valence-electron chi connectivity index (χ1n) is 8.77. The quantitative estimate of drug-likeness (QED) is 0.316. The van der Waals surface area contributed by atoms with Gasteiger partial charge in [0, 0.05) is 11.6 Å². The maximum atomic E-state index is 12.8. The Balaban J connectivity index is 2.33. The molecule has 2 aromatic rings. The van der Waals surface area contributed by atoms with Crippen LogP contribution in [-0.2, 0) is 24.8 Å². The lowest BCUT2D eigenvalue weighted by atomic mass is 10.1. The molecule has 4 N–H and O–H groups in total. The van der Waals surface area contributed by atoms with Gasteiger partial charge in [0.15, 0.2) is 0 Å². The fourth-order valence-electron chi connectivity index (χ4n) is 3.06. The second-order valence-electron chi connectivity index (χ2n) is 6.80. The van der Waals surface area contributed by atoms with E-state index in [-0.39, 0.29) is 14.9 Å². The molecule has 2 aromatic carbocycles. The van der Waals surface area contributed by atoms with E-state index in [1.54, 1.807) is 26.0 Å². The molecule has 0 bridgehead atoms. The first-order valence-corrected chi connectivity index (χ1v) is 12.5. The van der Waals surface area contributed by atoms with Crippen molar-refractivity contribution in [3.63, 3.8) is 0 Å². The Bertz CT molecular complexity index is 1190. The van der Waals surface area contributed by atoms with Crippen molar-refractivity contribution in [2.45, 2.75) is 36.6 Å². The van der Waals surface area contributed by atoms with Crippen LogP contribution in [0.2, 0.25) is 10.0 Å². The van der Waals surface area contributed by atoms with Crippen LogP contribution in [0.1, 0.15) is 16.7 Å². The van der Waals surface area contributed by atoms with Crippen LogP contribution >= 0.6 is 23.2 Å². The molecule has 170 valence electrons. The maximum Gasteiger partial charge on any atom is 0.262 e. The van der Waals surface area contributed by atoms with Crippen molar-refractivity contribution < 1.29 is 26.8 Å². The molecule has 0 aliphatic rings. The second-order valence-corrected chi connectivity index (χ2v) is 11.0. The predicted octanol–water partition coefficient (Wildman–Crippen LogP) is 2.05. The number of aryl methyl sites for hydroxylation is 3. The van der Waals surface area contributed by atoms with E-state index in [0.717, 1.165) is 11.6 Å². The molecule has 31 heavy (non-hydrogen) atoms. The van der Waals surface area contributed by atoms with E-state index in [1.807, 2.05) is 11.6 Å². The predicted molar refractivity (Wildman–Crippen MR) is 116 cm³/mol. The molecule has 0 saturated heterocycles. The number of carbonyl (C=O) groups excluding carboxylic acids is 1. The Kier molecular flexibility index (Phi) is 8.09. The number of hydrogen-bond donors (Lipinski definition) is 4. The summed E-state index contributed by atoms with van der Waals surface area (Å²) in [5.41, 5.74) is 3.16. The molecule has 0 aromatic heterocycles. The van der Waals surface area contributed by atoms with Crippen LogP contribution in [0.15, 0.2) is 40.1 Å². The first kappa shape index (κ1) is 25.5. The van der Waals surface area contributed by atoms with Gasteiger partial charge in [-0.2, -0.15) is 4.72 Å². The number of hydroxylamine groups is 1. The average Bonchev–Trinajstić information content (AvgIpc) is 2.65. The molecule has 0 aliphatic carbocycles. The topological polar surface area (TPSA) is 142 Å².